The maximum atomic E-state index is 12.6. The molecular formula is C13H17F3O3. The average Bonchev–Trinajstić information content (AvgIpc) is 2.34. The summed E-state index contributed by atoms with van der Waals surface area (Å²) in [5, 5.41) is 18.6. The van der Waals surface area contributed by atoms with Crippen molar-refractivity contribution in [2.45, 2.75) is 38.1 Å². The fourth-order valence-corrected chi connectivity index (χ4v) is 1.69. The Morgan fingerprint density at radius 1 is 1.26 bits per heavy atom. The van der Waals surface area contributed by atoms with Gasteiger partial charge in [0.2, 0.25) is 0 Å². The first-order valence-corrected chi connectivity index (χ1v) is 5.86. The number of benzene rings is 1. The van der Waals surface area contributed by atoms with E-state index in [1.54, 1.807) is 0 Å². The molecule has 0 heterocycles. The molecule has 0 spiro atoms. The Balaban J connectivity index is 2.91. The SMILES string of the molecule is COc1ccc(C(F)(F)F)cc1CCC(O)C(C)O. The van der Waals surface area contributed by atoms with Gasteiger partial charge < -0.3 is 14.9 Å². The predicted octanol–water partition coefficient (Wildman–Crippen LogP) is 2.39. The normalized spacial score (nSPS) is 15.1. The number of methoxy groups -OCH3 is 1. The maximum absolute atomic E-state index is 12.6. The molecule has 0 saturated heterocycles. The molecule has 0 aliphatic heterocycles. The molecule has 1 rings (SSSR count). The predicted molar refractivity (Wildman–Crippen MR) is 64.0 cm³/mol. The first-order chi connectivity index (χ1) is 8.75. The van der Waals surface area contributed by atoms with Crippen LogP contribution in [0, 0.1) is 0 Å². The van der Waals surface area contributed by atoms with E-state index in [1.165, 1.54) is 20.1 Å². The van der Waals surface area contributed by atoms with Gasteiger partial charge in [0.25, 0.3) is 0 Å². The minimum Gasteiger partial charge on any atom is -0.496 e. The van der Waals surface area contributed by atoms with E-state index in [1.807, 2.05) is 0 Å². The van der Waals surface area contributed by atoms with E-state index >= 15 is 0 Å². The Bertz CT molecular complexity index is 416. The number of alkyl halides is 3. The monoisotopic (exact) mass is 278 g/mol. The van der Waals surface area contributed by atoms with Crippen LogP contribution in [0.25, 0.3) is 0 Å². The van der Waals surface area contributed by atoms with Crippen molar-refractivity contribution >= 4 is 0 Å². The highest BCUT2D eigenvalue weighted by atomic mass is 19.4. The number of halogens is 3. The zero-order valence-corrected chi connectivity index (χ0v) is 10.7. The third kappa shape index (κ3) is 4.40. The lowest BCUT2D eigenvalue weighted by Crippen LogP contribution is -2.23. The molecule has 6 heteroatoms. The van der Waals surface area contributed by atoms with Gasteiger partial charge in [0, 0.05) is 0 Å². The van der Waals surface area contributed by atoms with Crippen LogP contribution in [0.3, 0.4) is 0 Å². The topological polar surface area (TPSA) is 49.7 Å². The Hall–Kier alpha value is -1.27. The Morgan fingerprint density at radius 3 is 2.37 bits per heavy atom. The smallest absolute Gasteiger partial charge is 0.416 e. The maximum Gasteiger partial charge on any atom is 0.416 e. The molecule has 0 radical (unpaired) electrons. The number of hydrogen-bond donors (Lipinski definition) is 2. The zero-order valence-electron chi connectivity index (χ0n) is 10.7. The summed E-state index contributed by atoms with van der Waals surface area (Å²) in [6.45, 7) is 1.42. The first kappa shape index (κ1) is 15.8. The highest BCUT2D eigenvalue weighted by molar-refractivity contribution is 5.38. The van der Waals surface area contributed by atoms with Gasteiger partial charge >= 0.3 is 6.18 Å². The Kier molecular flexibility index (Phi) is 5.20. The summed E-state index contributed by atoms with van der Waals surface area (Å²) in [6.07, 6.45) is -5.95. The highest BCUT2D eigenvalue weighted by Crippen LogP contribution is 2.33. The number of hydrogen-bond acceptors (Lipinski definition) is 3. The summed E-state index contributed by atoms with van der Waals surface area (Å²) in [4.78, 5) is 0. The van der Waals surface area contributed by atoms with Crippen LogP contribution in [0.1, 0.15) is 24.5 Å². The quantitative estimate of drug-likeness (QED) is 0.869. The highest BCUT2D eigenvalue weighted by Gasteiger charge is 2.31. The van der Waals surface area contributed by atoms with E-state index in [0.717, 1.165) is 12.1 Å². The van der Waals surface area contributed by atoms with Crippen molar-refractivity contribution in [2.24, 2.45) is 0 Å². The lowest BCUT2D eigenvalue weighted by atomic mass is 10.0. The minimum absolute atomic E-state index is 0.162. The number of aryl methyl sites for hydroxylation is 1. The zero-order chi connectivity index (χ0) is 14.6. The summed E-state index contributed by atoms with van der Waals surface area (Å²) in [5.74, 6) is 0.339. The first-order valence-electron chi connectivity index (χ1n) is 5.86. The van der Waals surface area contributed by atoms with E-state index in [9.17, 15) is 18.3 Å². The molecule has 3 nitrogen and oxygen atoms in total. The van der Waals surface area contributed by atoms with Gasteiger partial charge in [-0.05, 0) is 43.5 Å². The summed E-state index contributed by atoms with van der Waals surface area (Å²) >= 11 is 0. The van der Waals surface area contributed by atoms with Gasteiger partial charge in [-0.15, -0.1) is 0 Å². The molecule has 0 aromatic heterocycles. The van der Waals surface area contributed by atoms with E-state index in [0.29, 0.717) is 11.3 Å². The van der Waals surface area contributed by atoms with E-state index < -0.39 is 23.9 Å². The number of aliphatic hydroxyl groups excluding tert-OH is 2. The molecule has 0 bridgehead atoms. The summed E-state index contributed by atoms with van der Waals surface area (Å²) in [6, 6.07) is 3.22. The van der Waals surface area contributed by atoms with Crippen molar-refractivity contribution in [2.75, 3.05) is 7.11 Å². The van der Waals surface area contributed by atoms with Crippen molar-refractivity contribution in [1.29, 1.82) is 0 Å². The molecule has 0 aliphatic carbocycles. The molecule has 0 saturated carbocycles. The molecule has 1 aromatic rings. The number of aliphatic hydroxyl groups is 2. The molecule has 2 unspecified atom stereocenters. The minimum atomic E-state index is -4.41. The second-order valence-corrected chi connectivity index (χ2v) is 4.37. The summed E-state index contributed by atoms with van der Waals surface area (Å²) in [7, 11) is 1.37. The third-order valence-electron chi connectivity index (χ3n) is 2.87. The third-order valence-corrected chi connectivity index (χ3v) is 2.87. The van der Waals surface area contributed by atoms with Crippen LogP contribution in [-0.4, -0.2) is 29.5 Å². The molecule has 108 valence electrons. The van der Waals surface area contributed by atoms with Crippen molar-refractivity contribution in [3.8, 4) is 5.75 Å². The van der Waals surface area contributed by atoms with Gasteiger partial charge in [0.1, 0.15) is 5.75 Å². The van der Waals surface area contributed by atoms with Crippen molar-refractivity contribution in [1.82, 2.24) is 0 Å². The molecule has 0 amide bonds. The fraction of sp³-hybridized carbons (Fsp3) is 0.538. The Morgan fingerprint density at radius 2 is 1.89 bits per heavy atom. The molecule has 2 atom stereocenters. The average molecular weight is 278 g/mol. The van der Waals surface area contributed by atoms with Crippen molar-refractivity contribution < 1.29 is 28.1 Å². The van der Waals surface area contributed by atoms with Crippen LogP contribution in [0.15, 0.2) is 18.2 Å². The Labute approximate surface area is 109 Å². The molecule has 0 aliphatic rings. The second-order valence-electron chi connectivity index (χ2n) is 4.37. The van der Waals surface area contributed by atoms with Gasteiger partial charge in [0.05, 0.1) is 24.9 Å². The molecule has 0 fully saturated rings. The lowest BCUT2D eigenvalue weighted by Gasteiger charge is -2.16. The molecular weight excluding hydrogens is 261 g/mol. The van der Waals surface area contributed by atoms with Crippen LogP contribution in [-0.2, 0) is 12.6 Å². The molecule has 1 aromatic carbocycles. The van der Waals surface area contributed by atoms with E-state index in [4.69, 9.17) is 9.84 Å². The number of rotatable bonds is 5. The van der Waals surface area contributed by atoms with Crippen molar-refractivity contribution in [3.63, 3.8) is 0 Å². The van der Waals surface area contributed by atoms with Gasteiger partial charge in [-0.25, -0.2) is 0 Å². The van der Waals surface area contributed by atoms with Gasteiger partial charge in [0.15, 0.2) is 0 Å². The van der Waals surface area contributed by atoms with E-state index in [-0.39, 0.29) is 12.8 Å². The summed E-state index contributed by atoms with van der Waals surface area (Å²) in [5.41, 5.74) is -0.396. The largest absolute Gasteiger partial charge is 0.496 e. The second kappa shape index (κ2) is 6.25. The van der Waals surface area contributed by atoms with Crippen LogP contribution in [0.2, 0.25) is 0 Å². The standard InChI is InChI=1S/C13H17F3O3/c1-8(17)11(18)5-3-9-7-10(13(14,15)16)4-6-12(9)19-2/h4,6-8,11,17-18H,3,5H2,1-2H3. The summed E-state index contributed by atoms with van der Waals surface area (Å²) < 4.78 is 42.8. The molecule has 19 heavy (non-hydrogen) atoms. The van der Waals surface area contributed by atoms with Crippen molar-refractivity contribution in [3.05, 3.63) is 29.3 Å². The van der Waals surface area contributed by atoms with Gasteiger partial charge in [-0.2, -0.15) is 13.2 Å². The lowest BCUT2D eigenvalue weighted by molar-refractivity contribution is -0.137. The van der Waals surface area contributed by atoms with E-state index in [2.05, 4.69) is 0 Å². The molecule has 2 N–H and O–H groups in total. The van der Waals surface area contributed by atoms with Crippen LogP contribution < -0.4 is 4.74 Å². The fourth-order valence-electron chi connectivity index (χ4n) is 1.69. The van der Waals surface area contributed by atoms with Crippen LogP contribution >= 0.6 is 0 Å². The van der Waals surface area contributed by atoms with Gasteiger partial charge in [-0.3, -0.25) is 0 Å². The van der Waals surface area contributed by atoms with Crippen LogP contribution in [0.4, 0.5) is 13.2 Å². The van der Waals surface area contributed by atoms with Gasteiger partial charge in [-0.1, -0.05) is 0 Å². The number of ether oxygens (including phenoxy) is 1. The van der Waals surface area contributed by atoms with Crippen LogP contribution in [0.5, 0.6) is 5.75 Å².